The van der Waals surface area contributed by atoms with E-state index >= 15 is 0 Å². The molecular weight excluding hydrogens is 1140 g/mol. The predicted octanol–water partition coefficient (Wildman–Crippen LogP) is 13.0. The second-order valence-electron chi connectivity index (χ2n) is 30.5. The third-order valence-electron chi connectivity index (χ3n) is 21.0. The van der Waals surface area contributed by atoms with Crippen molar-refractivity contribution in [3.63, 3.8) is 0 Å². The van der Waals surface area contributed by atoms with Gasteiger partial charge in [0.25, 0.3) is 0 Å². The molecule has 12 aliphatic rings. The number of carbonyl (C=O) groups is 6. The SMILES string of the molecule is C=C(C)C(=O)OCC1CC(CC(=O)OC2(C(C)C)C3CC4CC(C3)CC2C4)OC(C)(C)O1.C=C(C)C(=O)OCC1CC(CC(=O)OC2(C)CCCCC2)OC(C)(C)O1.C=C(C)C(=O)OCC1CC(CC(=O)OC2(CC)C3CC4CC(C3)CC2C4)OC(C)(C)O1. The van der Waals surface area contributed by atoms with Crippen LogP contribution in [0.2, 0.25) is 0 Å². The predicted molar refractivity (Wildman–Crippen MR) is 331 cm³/mol. The fraction of sp³-hybridized carbons (Fsp3) is 0.831. The Kier molecular flexibility index (Phi) is 23.0. The van der Waals surface area contributed by atoms with Crippen molar-refractivity contribution in [3.05, 3.63) is 36.5 Å². The topological polar surface area (TPSA) is 213 Å². The average molecular weight is 1250 g/mol. The van der Waals surface area contributed by atoms with Gasteiger partial charge in [0.15, 0.2) is 17.4 Å². The van der Waals surface area contributed by atoms with Crippen LogP contribution in [0.3, 0.4) is 0 Å². The molecular formula is C71H110O18. The Balaban J connectivity index is 0.000000174. The molecule has 18 heteroatoms. The third kappa shape index (κ3) is 18.4. The van der Waals surface area contributed by atoms with Crippen LogP contribution in [0.15, 0.2) is 36.5 Å². The quantitative estimate of drug-likeness (QED) is 0.0629. The summed E-state index contributed by atoms with van der Waals surface area (Å²) < 4.78 is 69.9. The van der Waals surface area contributed by atoms with Crippen LogP contribution in [0.5, 0.6) is 0 Å². The smallest absolute Gasteiger partial charge is 0.333 e. The first-order chi connectivity index (χ1) is 41.7. The normalized spacial score (nSPS) is 36.3. The summed E-state index contributed by atoms with van der Waals surface area (Å²) in [6.45, 7) is 35.5. The number of hydrogen-bond donors (Lipinski definition) is 0. The second kappa shape index (κ2) is 29.0. The van der Waals surface area contributed by atoms with Gasteiger partial charge in [-0.15, -0.1) is 0 Å². The lowest BCUT2D eigenvalue weighted by molar-refractivity contribution is -0.306. The Hall–Kier alpha value is -4.20. The van der Waals surface area contributed by atoms with E-state index in [9.17, 15) is 28.8 Å². The largest absolute Gasteiger partial charge is 0.460 e. The van der Waals surface area contributed by atoms with Gasteiger partial charge in [-0.25, -0.2) is 14.4 Å². The lowest BCUT2D eigenvalue weighted by atomic mass is 9.47. The molecule has 12 rings (SSSR count). The van der Waals surface area contributed by atoms with Gasteiger partial charge in [0.1, 0.15) is 36.6 Å². The zero-order chi connectivity index (χ0) is 65.0. The molecule has 9 saturated carbocycles. The molecule has 89 heavy (non-hydrogen) atoms. The highest BCUT2D eigenvalue weighted by atomic mass is 16.7. The van der Waals surface area contributed by atoms with E-state index in [0.29, 0.717) is 65.6 Å². The van der Waals surface area contributed by atoms with Gasteiger partial charge in [-0.05, 0) is 219 Å². The molecule has 3 heterocycles. The molecule has 3 aliphatic heterocycles. The maximum absolute atomic E-state index is 13.2. The van der Waals surface area contributed by atoms with Crippen LogP contribution in [0, 0.1) is 53.3 Å². The molecule has 502 valence electrons. The molecule has 6 atom stereocenters. The van der Waals surface area contributed by atoms with E-state index in [1.165, 1.54) is 70.6 Å². The molecule has 18 nitrogen and oxygen atoms in total. The van der Waals surface area contributed by atoms with Gasteiger partial charge < -0.3 is 56.8 Å². The second-order valence-corrected chi connectivity index (χ2v) is 30.5. The molecule has 0 spiro atoms. The number of carbonyl (C=O) groups excluding carboxylic acids is 6. The summed E-state index contributed by atoms with van der Waals surface area (Å²) in [5.74, 6) is 1.17. The molecule has 9 aliphatic carbocycles. The van der Waals surface area contributed by atoms with Crippen LogP contribution in [-0.2, 0) is 85.6 Å². The van der Waals surface area contributed by atoms with Crippen molar-refractivity contribution in [1.29, 1.82) is 0 Å². The maximum atomic E-state index is 13.2. The third-order valence-corrected chi connectivity index (χ3v) is 21.0. The molecule has 0 aromatic rings. The number of hydrogen-bond acceptors (Lipinski definition) is 18. The van der Waals surface area contributed by atoms with E-state index in [2.05, 4.69) is 40.5 Å². The van der Waals surface area contributed by atoms with Gasteiger partial charge in [-0.1, -0.05) is 46.9 Å². The molecule has 8 bridgehead atoms. The minimum Gasteiger partial charge on any atom is -0.460 e. The lowest BCUT2D eigenvalue weighted by Gasteiger charge is -2.62. The van der Waals surface area contributed by atoms with Crippen LogP contribution in [0.25, 0.3) is 0 Å². The Labute approximate surface area is 531 Å². The van der Waals surface area contributed by atoms with E-state index in [0.717, 1.165) is 55.8 Å². The Morgan fingerprint density at radius 3 is 1.03 bits per heavy atom. The summed E-state index contributed by atoms with van der Waals surface area (Å²) in [5.41, 5.74) is 0.0746. The van der Waals surface area contributed by atoms with Gasteiger partial charge >= 0.3 is 35.8 Å². The molecule has 0 radical (unpaired) electrons. The van der Waals surface area contributed by atoms with Crippen molar-refractivity contribution in [2.24, 2.45) is 53.3 Å². The van der Waals surface area contributed by atoms with Crippen molar-refractivity contribution >= 4 is 35.8 Å². The zero-order valence-corrected chi connectivity index (χ0v) is 56.3. The van der Waals surface area contributed by atoms with Crippen molar-refractivity contribution in [2.75, 3.05) is 19.8 Å². The zero-order valence-electron chi connectivity index (χ0n) is 56.3. The molecule has 12 fully saturated rings. The summed E-state index contributed by atoms with van der Waals surface area (Å²) in [6.07, 6.45) is 18.6. The monoisotopic (exact) mass is 1250 g/mol. The first-order valence-corrected chi connectivity index (χ1v) is 33.9. The lowest BCUT2D eigenvalue weighted by Crippen LogP contribution is -2.62. The summed E-state index contributed by atoms with van der Waals surface area (Å²) >= 11 is 0. The van der Waals surface area contributed by atoms with Crippen molar-refractivity contribution in [2.45, 2.75) is 302 Å². The highest BCUT2D eigenvalue weighted by molar-refractivity contribution is 5.87. The van der Waals surface area contributed by atoms with E-state index in [1.807, 2.05) is 34.6 Å². The van der Waals surface area contributed by atoms with Gasteiger partial charge in [-0.3, -0.25) is 14.4 Å². The van der Waals surface area contributed by atoms with E-state index in [-0.39, 0.29) is 110 Å². The Morgan fingerprint density at radius 2 is 0.719 bits per heavy atom. The molecule has 3 saturated heterocycles. The summed E-state index contributed by atoms with van der Waals surface area (Å²) in [7, 11) is 0. The Morgan fingerprint density at radius 1 is 0.416 bits per heavy atom. The molecule has 6 unspecified atom stereocenters. The highest BCUT2D eigenvalue weighted by Crippen LogP contribution is 2.63. The first-order valence-electron chi connectivity index (χ1n) is 33.9. The highest BCUT2D eigenvalue weighted by Gasteiger charge is 2.62. The van der Waals surface area contributed by atoms with Crippen molar-refractivity contribution < 1.29 is 85.6 Å². The average Bonchev–Trinajstić information content (AvgIpc) is 0.764. The van der Waals surface area contributed by atoms with Gasteiger partial charge in [0.2, 0.25) is 0 Å². The minimum absolute atomic E-state index is 0.113. The van der Waals surface area contributed by atoms with Crippen LogP contribution in [0.1, 0.15) is 231 Å². The molecule has 0 aromatic heterocycles. The summed E-state index contributed by atoms with van der Waals surface area (Å²) in [5, 5.41) is 0. The standard InChI is InChI=1S/C26H40O6.C25H38O6.C20H32O6/c1-15(2)24(28)29-14-22-12-21(30-25(5,6)31-22)13-23(27)32-26(16(3)4)19-8-17-7-18(10-19)11-20(26)9-17;1-6-25(18-8-16-7-17(10-18)11-19(25)9-16)31-22(26)13-20-12-21(30-24(4,5)29-20)14-28-23(27)15(2)3;1-14(2)18(22)23-13-16-11-15(24-19(3,4)25-16)12-17(21)26-20(5)9-7-6-8-10-20/h16-22H,1,7-14H2,2-6H3;16-21H,2,6-14H2,1,3-5H3;15-16H,1,6-13H2,2-5H3. The maximum Gasteiger partial charge on any atom is 0.333 e. The van der Waals surface area contributed by atoms with Crippen LogP contribution in [-0.4, -0.2) is 126 Å². The molecule has 0 amide bonds. The molecule has 0 N–H and O–H groups in total. The van der Waals surface area contributed by atoms with Crippen LogP contribution >= 0.6 is 0 Å². The van der Waals surface area contributed by atoms with Gasteiger partial charge in [0.05, 0.1) is 55.9 Å². The fourth-order valence-corrected chi connectivity index (χ4v) is 17.9. The van der Waals surface area contributed by atoms with E-state index in [1.54, 1.807) is 34.6 Å². The molecule has 0 aromatic carbocycles. The fourth-order valence-electron chi connectivity index (χ4n) is 17.9. The van der Waals surface area contributed by atoms with Gasteiger partial charge in [0, 0.05) is 36.0 Å². The number of esters is 6. The van der Waals surface area contributed by atoms with E-state index in [4.69, 9.17) is 56.8 Å². The van der Waals surface area contributed by atoms with Crippen molar-refractivity contribution in [1.82, 2.24) is 0 Å². The van der Waals surface area contributed by atoms with Gasteiger partial charge in [-0.2, -0.15) is 0 Å². The first kappa shape index (κ1) is 70.7. The summed E-state index contributed by atoms with van der Waals surface area (Å²) in [4.78, 5) is 73.8. The number of ether oxygens (including phenoxy) is 12. The Bertz CT molecular complexity index is 2500. The van der Waals surface area contributed by atoms with Crippen LogP contribution < -0.4 is 0 Å². The van der Waals surface area contributed by atoms with Crippen LogP contribution in [0.4, 0.5) is 0 Å². The summed E-state index contributed by atoms with van der Waals surface area (Å²) in [6, 6.07) is 0. The number of rotatable bonds is 20. The van der Waals surface area contributed by atoms with Crippen molar-refractivity contribution in [3.8, 4) is 0 Å². The minimum atomic E-state index is -0.859. The van der Waals surface area contributed by atoms with E-state index < -0.39 is 35.3 Å².